The Morgan fingerprint density at radius 3 is 2.43 bits per heavy atom. The fourth-order valence-electron chi connectivity index (χ4n) is 2.63. The minimum atomic E-state index is -0.835. The zero-order valence-electron chi connectivity index (χ0n) is 12.8. The van der Waals surface area contributed by atoms with Crippen LogP contribution >= 0.6 is 0 Å². The zero-order chi connectivity index (χ0) is 15.2. The number of halogens is 2. The van der Waals surface area contributed by atoms with Crippen LogP contribution in [0.4, 0.5) is 8.78 Å². The van der Waals surface area contributed by atoms with Gasteiger partial charge in [0.15, 0.2) is 11.6 Å². The molecule has 116 valence electrons. The molecule has 1 heterocycles. The number of aryl methyl sites for hydroxylation is 1. The van der Waals surface area contributed by atoms with E-state index in [1.54, 1.807) is 12.1 Å². The molecule has 0 aromatic heterocycles. The molecular formula is C16H23BF2O2. The van der Waals surface area contributed by atoms with Gasteiger partial charge >= 0.3 is 7.12 Å². The number of hydrogen-bond donors (Lipinski definition) is 0. The summed E-state index contributed by atoms with van der Waals surface area (Å²) in [5.41, 5.74) is 0.580. The summed E-state index contributed by atoms with van der Waals surface area (Å²) < 4.78 is 39.3. The summed E-state index contributed by atoms with van der Waals surface area (Å²) in [6, 6.07) is 3.22. The summed E-state index contributed by atoms with van der Waals surface area (Å²) in [7, 11) is -0.784. The second kappa shape index (κ2) is 7.90. The Balaban J connectivity index is 2.02. The third-order valence-electron chi connectivity index (χ3n) is 3.90. The fraction of sp³-hybridized carbons (Fsp3) is 0.625. The Labute approximate surface area is 126 Å². The minimum Gasteiger partial charge on any atom is -0.407 e. The van der Waals surface area contributed by atoms with Gasteiger partial charge in [0, 0.05) is 24.6 Å². The lowest BCUT2D eigenvalue weighted by Crippen LogP contribution is -2.46. The summed E-state index contributed by atoms with van der Waals surface area (Å²) in [5, 5.41) is 0. The smallest absolute Gasteiger partial charge is 0.407 e. The molecule has 1 fully saturated rings. The minimum absolute atomic E-state index is 0.168. The lowest BCUT2D eigenvalue weighted by atomic mass is 9.76. The highest BCUT2D eigenvalue weighted by atomic mass is 19.2. The highest BCUT2D eigenvalue weighted by Crippen LogP contribution is 2.18. The molecule has 2 nitrogen and oxygen atoms in total. The van der Waals surface area contributed by atoms with Crippen molar-refractivity contribution < 1.29 is 18.1 Å². The van der Waals surface area contributed by atoms with Gasteiger partial charge in [0.1, 0.15) is 0 Å². The Morgan fingerprint density at radius 1 is 1.10 bits per heavy atom. The van der Waals surface area contributed by atoms with E-state index in [0.29, 0.717) is 31.1 Å². The van der Waals surface area contributed by atoms with Crippen LogP contribution in [0.3, 0.4) is 0 Å². The molecule has 2 rings (SSSR count). The van der Waals surface area contributed by atoms with E-state index in [-0.39, 0.29) is 5.46 Å². The van der Waals surface area contributed by atoms with E-state index >= 15 is 0 Å². The van der Waals surface area contributed by atoms with E-state index < -0.39 is 18.8 Å². The molecule has 0 spiro atoms. The van der Waals surface area contributed by atoms with Gasteiger partial charge in [-0.15, -0.1) is 0 Å². The molecular weight excluding hydrogens is 273 g/mol. The Morgan fingerprint density at radius 2 is 1.81 bits per heavy atom. The quantitative estimate of drug-likeness (QED) is 0.748. The Hall–Kier alpha value is -0.935. The van der Waals surface area contributed by atoms with Crippen molar-refractivity contribution in [3.8, 4) is 0 Å². The first-order valence-electron chi connectivity index (χ1n) is 7.87. The van der Waals surface area contributed by atoms with E-state index in [2.05, 4.69) is 6.92 Å². The number of benzene rings is 1. The first kappa shape index (κ1) is 16.4. The predicted octanol–water partition coefficient (Wildman–Crippen LogP) is 3.47. The normalized spacial score (nSPS) is 16.5. The molecule has 0 saturated carbocycles. The molecule has 21 heavy (non-hydrogen) atoms. The average molecular weight is 296 g/mol. The highest BCUT2D eigenvalue weighted by molar-refractivity contribution is 6.61. The molecule has 0 radical (unpaired) electrons. The van der Waals surface area contributed by atoms with Crippen LogP contribution in [-0.2, 0) is 15.7 Å². The number of unbranched alkanes of at least 4 members (excludes halogenated alkanes) is 1. The summed E-state index contributed by atoms with van der Waals surface area (Å²) in [6.07, 6.45) is 4.64. The van der Waals surface area contributed by atoms with Crippen molar-refractivity contribution in [2.45, 2.75) is 46.0 Å². The maximum absolute atomic E-state index is 14.1. The molecule has 0 N–H and O–H groups in total. The van der Waals surface area contributed by atoms with Crippen LogP contribution < -0.4 is 5.46 Å². The van der Waals surface area contributed by atoms with E-state index in [9.17, 15) is 8.78 Å². The SMILES string of the molecule is CCCCC1COB(c2ccc(CCC)c(F)c2F)OC1. The first-order valence-corrected chi connectivity index (χ1v) is 7.87. The van der Waals surface area contributed by atoms with Crippen molar-refractivity contribution >= 4 is 12.6 Å². The topological polar surface area (TPSA) is 18.5 Å². The third-order valence-corrected chi connectivity index (χ3v) is 3.90. The van der Waals surface area contributed by atoms with Crippen LogP contribution in [0.25, 0.3) is 0 Å². The van der Waals surface area contributed by atoms with Gasteiger partial charge in [0.25, 0.3) is 0 Å². The van der Waals surface area contributed by atoms with Crippen molar-refractivity contribution in [3.63, 3.8) is 0 Å². The molecule has 1 aromatic rings. The van der Waals surface area contributed by atoms with Gasteiger partial charge in [-0.05, 0) is 18.4 Å². The van der Waals surface area contributed by atoms with Crippen LogP contribution in [-0.4, -0.2) is 20.3 Å². The second-order valence-corrected chi connectivity index (χ2v) is 5.70. The molecule has 1 saturated heterocycles. The molecule has 0 bridgehead atoms. The molecule has 0 atom stereocenters. The second-order valence-electron chi connectivity index (χ2n) is 5.70. The predicted molar refractivity (Wildman–Crippen MR) is 80.7 cm³/mol. The van der Waals surface area contributed by atoms with Crippen molar-refractivity contribution in [1.82, 2.24) is 0 Å². The Bertz CT molecular complexity index is 460. The molecule has 1 aromatic carbocycles. The van der Waals surface area contributed by atoms with Gasteiger partial charge in [0.05, 0.1) is 0 Å². The maximum atomic E-state index is 14.1. The van der Waals surface area contributed by atoms with Gasteiger partial charge in [-0.3, -0.25) is 0 Å². The fourth-order valence-corrected chi connectivity index (χ4v) is 2.63. The maximum Gasteiger partial charge on any atom is 0.497 e. The Kier molecular flexibility index (Phi) is 6.18. The monoisotopic (exact) mass is 296 g/mol. The number of rotatable bonds is 6. The standard InChI is InChI=1S/C16H23BF2O2/c1-3-5-7-12-10-20-17(21-11-12)14-9-8-13(6-4-2)15(18)16(14)19/h8-9,12H,3-7,10-11H2,1-2H3. The van der Waals surface area contributed by atoms with Gasteiger partial charge in [-0.1, -0.05) is 45.2 Å². The van der Waals surface area contributed by atoms with Gasteiger partial charge < -0.3 is 9.31 Å². The van der Waals surface area contributed by atoms with Crippen molar-refractivity contribution in [3.05, 3.63) is 29.3 Å². The van der Waals surface area contributed by atoms with E-state index in [1.807, 2.05) is 6.92 Å². The lowest BCUT2D eigenvalue weighted by molar-refractivity contribution is 0.0809. The summed E-state index contributed by atoms with van der Waals surface area (Å²) in [4.78, 5) is 0. The summed E-state index contributed by atoms with van der Waals surface area (Å²) >= 11 is 0. The summed E-state index contributed by atoms with van der Waals surface area (Å²) in [5.74, 6) is -1.25. The molecule has 5 heteroatoms. The van der Waals surface area contributed by atoms with Crippen molar-refractivity contribution in [2.24, 2.45) is 5.92 Å². The molecule has 0 amide bonds. The third kappa shape index (κ3) is 4.04. The average Bonchev–Trinajstić information content (AvgIpc) is 2.51. The molecule has 0 aliphatic carbocycles. The van der Waals surface area contributed by atoms with Crippen molar-refractivity contribution in [1.29, 1.82) is 0 Å². The summed E-state index contributed by atoms with van der Waals surface area (Å²) in [6.45, 7) is 5.17. The van der Waals surface area contributed by atoms with E-state index in [4.69, 9.17) is 9.31 Å². The zero-order valence-corrected chi connectivity index (χ0v) is 12.8. The molecule has 1 aliphatic rings. The van der Waals surface area contributed by atoms with Gasteiger partial charge in [-0.25, -0.2) is 8.78 Å². The van der Waals surface area contributed by atoms with Crippen LogP contribution in [0.1, 0.15) is 45.1 Å². The van der Waals surface area contributed by atoms with Crippen LogP contribution in [0.2, 0.25) is 0 Å². The number of hydrogen-bond acceptors (Lipinski definition) is 2. The van der Waals surface area contributed by atoms with Crippen LogP contribution in [0.5, 0.6) is 0 Å². The van der Waals surface area contributed by atoms with Crippen LogP contribution in [0, 0.1) is 17.6 Å². The molecule has 0 unspecified atom stereocenters. The first-order chi connectivity index (χ1) is 10.2. The largest absolute Gasteiger partial charge is 0.497 e. The highest BCUT2D eigenvalue weighted by Gasteiger charge is 2.32. The molecule has 1 aliphatic heterocycles. The van der Waals surface area contributed by atoms with Crippen molar-refractivity contribution in [2.75, 3.05) is 13.2 Å². The van der Waals surface area contributed by atoms with Gasteiger partial charge in [-0.2, -0.15) is 0 Å². The van der Waals surface area contributed by atoms with Crippen LogP contribution in [0.15, 0.2) is 12.1 Å². The lowest BCUT2D eigenvalue weighted by Gasteiger charge is -2.27. The van der Waals surface area contributed by atoms with E-state index in [1.165, 1.54) is 0 Å². The van der Waals surface area contributed by atoms with Gasteiger partial charge in [0.2, 0.25) is 0 Å². The van der Waals surface area contributed by atoms with E-state index in [0.717, 1.165) is 25.7 Å².